The molecule has 2 aromatic rings. The molecule has 0 aliphatic carbocycles. The van der Waals surface area contributed by atoms with Gasteiger partial charge in [-0.25, -0.2) is 0 Å². The predicted octanol–water partition coefficient (Wildman–Crippen LogP) is 7.42. The lowest BCUT2D eigenvalue weighted by Crippen LogP contribution is -2.00. The van der Waals surface area contributed by atoms with Crippen molar-refractivity contribution in [1.82, 2.24) is 4.98 Å². The Balaban J connectivity index is 1.67. The molecule has 0 spiro atoms. The fraction of sp³-hybridized carbons (Fsp3) is 0.520. The second-order valence-corrected chi connectivity index (χ2v) is 7.77. The first-order chi connectivity index (χ1) is 15.2. The minimum atomic E-state index is -0.689. The summed E-state index contributed by atoms with van der Waals surface area (Å²) in [5, 5.41) is 17.2. The predicted molar refractivity (Wildman–Crippen MR) is 124 cm³/mol. The standard InChI is InChI=1S/C25H35N3O3/c1-2-11-21-20-23(28-27-22-15-17-26-18-16-22)13-14-24(21)31-19-10-8-6-4-3-5-7-9-12-25(29)30/h13-18,20H,2-12,19H2,1H3,(H,29,30). The Kier molecular flexibility index (Phi) is 11.9. The van der Waals surface area contributed by atoms with Crippen molar-refractivity contribution in [2.75, 3.05) is 6.61 Å². The fourth-order valence-corrected chi connectivity index (χ4v) is 3.38. The van der Waals surface area contributed by atoms with E-state index in [0.29, 0.717) is 6.42 Å². The smallest absolute Gasteiger partial charge is 0.303 e. The Morgan fingerprint density at radius 2 is 1.55 bits per heavy atom. The van der Waals surface area contributed by atoms with Gasteiger partial charge in [0.05, 0.1) is 18.0 Å². The average molecular weight is 426 g/mol. The Labute approximate surface area is 185 Å². The van der Waals surface area contributed by atoms with Gasteiger partial charge in [0, 0.05) is 18.8 Å². The summed E-state index contributed by atoms with van der Waals surface area (Å²) in [6, 6.07) is 9.67. The largest absolute Gasteiger partial charge is 0.493 e. The Morgan fingerprint density at radius 3 is 2.23 bits per heavy atom. The molecular formula is C25H35N3O3. The number of benzene rings is 1. The van der Waals surface area contributed by atoms with Crippen molar-refractivity contribution in [2.45, 2.75) is 77.6 Å². The third kappa shape index (κ3) is 10.7. The number of carbonyl (C=O) groups is 1. The van der Waals surface area contributed by atoms with Crippen molar-refractivity contribution < 1.29 is 14.6 Å². The van der Waals surface area contributed by atoms with Crippen molar-refractivity contribution in [3.05, 3.63) is 48.3 Å². The minimum Gasteiger partial charge on any atom is -0.493 e. The number of carboxylic acid groups (broad SMARTS) is 1. The van der Waals surface area contributed by atoms with E-state index in [4.69, 9.17) is 9.84 Å². The van der Waals surface area contributed by atoms with E-state index in [1.165, 1.54) is 24.8 Å². The second-order valence-electron chi connectivity index (χ2n) is 7.77. The molecule has 0 radical (unpaired) electrons. The minimum absolute atomic E-state index is 0.298. The normalized spacial score (nSPS) is 11.1. The van der Waals surface area contributed by atoms with Crippen LogP contribution in [0.1, 0.15) is 76.7 Å². The van der Waals surface area contributed by atoms with Gasteiger partial charge in [0.15, 0.2) is 0 Å². The number of rotatable bonds is 16. The highest BCUT2D eigenvalue weighted by Gasteiger charge is 2.05. The van der Waals surface area contributed by atoms with Gasteiger partial charge in [-0.15, -0.1) is 0 Å². The van der Waals surface area contributed by atoms with E-state index >= 15 is 0 Å². The average Bonchev–Trinajstić information content (AvgIpc) is 2.78. The van der Waals surface area contributed by atoms with Gasteiger partial charge in [-0.3, -0.25) is 9.78 Å². The quantitative estimate of drug-likeness (QED) is 0.224. The number of hydrogen-bond donors (Lipinski definition) is 1. The van der Waals surface area contributed by atoms with Crippen LogP contribution >= 0.6 is 0 Å². The number of pyridine rings is 1. The molecule has 0 amide bonds. The Morgan fingerprint density at radius 1 is 0.903 bits per heavy atom. The van der Waals surface area contributed by atoms with Gasteiger partial charge in [-0.05, 0) is 55.2 Å². The van der Waals surface area contributed by atoms with Gasteiger partial charge >= 0.3 is 5.97 Å². The number of ether oxygens (including phenoxy) is 1. The topological polar surface area (TPSA) is 84.1 Å². The number of carboxylic acids is 1. The summed E-state index contributed by atoms with van der Waals surface area (Å²) in [5.41, 5.74) is 2.79. The zero-order valence-electron chi connectivity index (χ0n) is 18.6. The molecule has 6 heteroatoms. The van der Waals surface area contributed by atoms with Crippen LogP contribution in [-0.4, -0.2) is 22.7 Å². The number of aliphatic carboxylic acids is 1. The molecule has 0 saturated carbocycles. The van der Waals surface area contributed by atoms with Crippen LogP contribution in [0, 0.1) is 0 Å². The number of hydrogen-bond acceptors (Lipinski definition) is 5. The van der Waals surface area contributed by atoms with Crippen molar-refractivity contribution in [2.24, 2.45) is 10.2 Å². The first-order valence-corrected chi connectivity index (χ1v) is 11.5. The molecule has 0 bridgehead atoms. The van der Waals surface area contributed by atoms with Crippen LogP contribution in [0.5, 0.6) is 5.75 Å². The highest BCUT2D eigenvalue weighted by atomic mass is 16.5. The van der Waals surface area contributed by atoms with Crippen LogP contribution in [0.4, 0.5) is 11.4 Å². The SMILES string of the molecule is CCCc1cc(N=Nc2ccncc2)ccc1OCCCCCCCCCCC(=O)O. The van der Waals surface area contributed by atoms with Gasteiger partial charge < -0.3 is 9.84 Å². The molecule has 1 aromatic heterocycles. The van der Waals surface area contributed by atoms with Crippen molar-refractivity contribution >= 4 is 17.3 Å². The molecule has 0 aliphatic rings. The first kappa shape index (κ1) is 24.5. The van der Waals surface area contributed by atoms with E-state index < -0.39 is 5.97 Å². The summed E-state index contributed by atoms with van der Waals surface area (Å²) in [7, 11) is 0. The van der Waals surface area contributed by atoms with E-state index in [-0.39, 0.29) is 0 Å². The molecule has 1 N–H and O–H groups in total. The van der Waals surface area contributed by atoms with Crippen LogP contribution in [0.3, 0.4) is 0 Å². The molecule has 1 aromatic carbocycles. The molecular weight excluding hydrogens is 390 g/mol. The molecule has 6 nitrogen and oxygen atoms in total. The van der Waals surface area contributed by atoms with E-state index in [1.807, 2.05) is 24.3 Å². The number of azo groups is 1. The summed E-state index contributed by atoms with van der Waals surface area (Å²) < 4.78 is 6.05. The molecule has 0 unspecified atom stereocenters. The Bertz CT molecular complexity index is 794. The van der Waals surface area contributed by atoms with Crippen molar-refractivity contribution in [3.63, 3.8) is 0 Å². The summed E-state index contributed by atoms with van der Waals surface area (Å²) in [5.74, 6) is 0.259. The highest BCUT2D eigenvalue weighted by Crippen LogP contribution is 2.27. The van der Waals surface area contributed by atoms with E-state index in [1.54, 1.807) is 12.4 Å². The van der Waals surface area contributed by atoms with E-state index in [2.05, 4.69) is 28.2 Å². The van der Waals surface area contributed by atoms with Gasteiger partial charge in [-0.2, -0.15) is 10.2 Å². The molecule has 31 heavy (non-hydrogen) atoms. The first-order valence-electron chi connectivity index (χ1n) is 11.5. The fourth-order valence-electron chi connectivity index (χ4n) is 3.38. The summed E-state index contributed by atoms with van der Waals surface area (Å²) in [6.07, 6.45) is 14.5. The van der Waals surface area contributed by atoms with Crippen molar-refractivity contribution in [1.29, 1.82) is 0 Å². The van der Waals surface area contributed by atoms with Gasteiger partial charge in [0.25, 0.3) is 0 Å². The maximum atomic E-state index is 10.5. The molecule has 0 aliphatic heterocycles. The maximum absolute atomic E-state index is 10.5. The third-order valence-electron chi connectivity index (χ3n) is 5.05. The van der Waals surface area contributed by atoms with Crippen LogP contribution in [-0.2, 0) is 11.2 Å². The summed E-state index contributed by atoms with van der Waals surface area (Å²) in [6.45, 7) is 2.89. The number of aromatic nitrogens is 1. The van der Waals surface area contributed by atoms with E-state index in [9.17, 15) is 4.79 Å². The summed E-state index contributed by atoms with van der Waals surface area (Å²) in [4.78, 5) is 14.5. The molecule has 1 heterocycles. The van der Waals surface area contributed by atoms with Crippen molar-refractivity contribution in [3.8, 4) is 5.75 Å². The van der Waals surface area contributed by atoms with Gasteiger partial charge in [0.2, 0.25) is 0 Å². The molecule has 0 fully saturated rings. The van der Waals surface area contributed by atoms with E-state index in [0.717, 1.165) is 68.7 Å². The summed E-state index contributed by atoms with van der Waals surface area (Å²) >= 11 is 0. The lowest BCUT2D eigenvalue weighted by Gasteiger charge is -2.11. The van der Waals surface area contributed by atoms with Crippen LogP contribution in [0.15, 0.2) is 53.0 Å². The monoisotopic (exact) mass is 425 g/mol. The lowest BCUT2D eigenvalue weighted by atomic mass is 10.1. The van der Waals surface area contributed by atoms with Gasteiger partial charge in [0.1, 0.15) is 5.75 Å². The highest BCUT2D eigenvalue weighted by molar-refractivity contribution is 5.66. The number of unbranched alkanes of at least 4 members (excludes halogenated alkanes) is 7. The second kappa shape index (κ2) is 15.1. The van der Waals surface area contributed by atoms with Crippen LogP contribution < -0.4 is 4.74 Å². The maximum Gasteiger partial charge on any atom is 0.303 e. The molecule has 2 rings (SSSR count). The zero-order valence-corrected chi connectivity index (χ0v) is 18.6. The Hall–Kier alpha value is -2.76. The van der Waals surface area contributed by atoms with Crippen LogP contribution in [0.25, 0.3) is 0 Å². The lowest BCUT2D eigenvalue weighted by molar-refractivity contribution is -0.137. The number of nitrogens with zero attached hydrogens (tertiary/aromatic N) is 3. The van der Waals surface area contributed by atoms with Gasteiger partial charge in [-0.1, -0.05) is 51.9 Å². The van der Waals surface area contributed by atoms with Crippen LogP contribution in [0.2, 0.25) is 0 Å². The molecule has 0 atom stereocenters. The molecule has 168 valence electrons. The zero-order chi connectivity index (χ0) is 22.2. The molecule has 0 saturated heterocycles. The third-order valence-corrected chi connectivity index (χ3v) is 5.05. The number of aryl methyl sites for hydroxylation is 1.